The molecule has 4 heterocycles. The van der Waals surface area contributed by atoms with Crippen molar-refractivity contribution in [2.75, 3.05) is 38.5 Å². The zero-order valence-corrected chi connectivity index (χ0v) is 20.2. The minimum atomic E-state index is -0.521. The molecule has 0 aliphatic carbocycles. The fraction of sp³-hybridized carbons (Fsp3) is 0.333. The molecule has 1 fully saturated rings. The molecular weight excluding hydrogens is 452 g/mol. The monoisotopic (exact) mass is 478 g/mol. The van der Waals surface area contributed by atoms with Crippen molar-refractivity contribution in [3.63, 3.8) is 0 Å². The summed E-state index contributed by atoms with van der Waals surface area (Å²) in [7, 11) is 2.13. The summed E-state index contributed by atoms with van der Waals surface area (Å²) in [6.07, 6.45) is 2.35. The number of aryl methyl sites for hydroxylation is 1. The number of hydrazine groups is 1. The standard InChI is InChI=1S/C24H26N6O3S/c1-15-12-18-23(28-10-8-27(3)9-11-28)25-20-13-17(4-5-19(20)26-24(18)34-15)14-29(16(2)31)30-21(32)6-7-22(30)33/h4-7,12-13,26H,8-11,14H2,1-3H3. The summed E-state index contributed by atoms with van der Waals surface area (Å²) in [5.41, 5.74) is 3.49. The topological polar surface area (TPSA) is 88.6 Å². The van der Waals surface area contributed by atoms with Gasteiger partial charge in [-0.3, -0.25) is 14.4 Å². The summed E-state index contributed by atoms with van der Waals surface area (Å²) in [6.45, 7) is 7.25. The number of hydrogen-bond donors (Lipinski definition) is 1. The van der Waals surface area contributed by atoms with Crippen LogP contribution in [-0.2, 0) is 20.9 Å². The summed E-state index contributed by atoms with van der Waals surface area (Å²) in [5.74, 6) is -0.496. The Kier molecular flexibility index (Phi) is 5.70. The van der Waals surface area contributed by atoms with E-state index in [1.165, 1.54) is 29.0 Å². The Hall–Kier alpha value is -3.50. The molecule has 3 aliphatic heterocycles. The van der Waals surface area contributed by atoms with E-state index < -0.39 is 17.7 Å². The second-order valence-electron chi connectivity index (χ2n) is 8.70. The summed E-state index contributed by atoms with van der Waals surface area (Å²) < 4.78 is 0. The average molecular weight is 479 g/mol. The van der Waals surface area contributed by atoms with Crippen molar-refractivity contribution >= 4 is 51.3 Å². The van der Waals surface area contributed by atoms with Crippen LogP contribution in [0.1, 0.15) is 22.9 Å². The molecule has 0 saturated carbocycles. The molecule has 0 atom stereocenters. The van der Waals surface area contributed by atoms with Crippen LogP contribution in [0, 0.1) is 6.92 Å². The highest BCUT2D eigenvalue weighted by Gasteiger charge is 2.32. The van der Waals surface area contributed by atoms with Gasteiger partial charge in [-0.05, 0) is 37.7 Å². The van der Waals surface area contributed by atoms with Crippen molar-refractivity contribution in [2.24, 2.45) is 4.99 Å². The molecule has 3 amide bonds. The Morgan fingerprint density at radius 2 is 1.82 bits per heavy atom. The third-order valence-electron chi connectivity index (χ3n) is 6.16. The summed E-state index contributed by atoms with van der Waals surface area (Å²) in [6, 6.07) is 7.91. The highest BCUT2D eigenvalue weighted by molar-refractivity contribution is 7.16. The van der Waals surface area contributed by atoms with Crippen LogP contribution in [0.5, 0.6) is 0 Å². The third kappa shape index (κ3) is 4.10. The Balaban J connectivity index is 1.50. The van der Waals surface area contributed by atoms with Crippen LogP contribution in [0.25, 0.3) is 0 Å². The first-order valence-corrected chi connectivity index (χ1v) is 12.0. The van der Waals surface area contributed by atoms with E-state index in [-0.39, 0.29) is 6.54 Å². The number of hydrogen-bond acceptors (Lipinski definition) is 8. The lowest BCUT2D eigenvalue weighted by Gasteiger charge is -2.34. The number of rotatable bonds is 3. The van der Waals surface area contributed by atoms with Gasteiger partial charge in [-0.15, -0.1) is 11.3 Å². The first-order chi connectivity index (χ1) is 16.3. The molecule has 176 valence electrons. The molecule has 5 rings (SSSR count). The number of nitrogens with one attached hydrogen (secondary N) is 1. The smallest absolute Gasteiger partial charge is 0.272 e. The van der Waals surface area contributed by atoms with E-state index in [1.807, 2.05) is 18.2 Å². The van der Waals surface area contributed by atoms with Gasteiger partial charge in [0.15, 0.2) is 0 Å². The Morgan fingerprint density at radius 1 is 1.12 bits per heavy atom. The zero-order chi connectivity index (χ0) is 24.0. The lowest BCUT2D eigenvalue weighted by molar-refractivity contribution is -0.167. The van der Waals surface area contributed by atoms with Crippen molar-refractivity contribution in [2.45, 2.75) is 20.4 Å². The molecular formula is C24H26N6O3S. The van der Waals surface area contributed by atoms with Crippen molar-refractivity contribution in [3.8, 4) is 0 Å². The molecule has 1 aromatic carbocycles. The molecule has 1 saturated heterocycles. The molecule has 2 aromatic rings. The van der Waals surface area contributed by atoms with E-state index >= 15 is 0 Å². The molecule has 9 nitrogen and oxygen atoms in total. The molecule has 0 radical (unpaired) electrons. The normalized spacial score (nSPS) is 17.8. The van der Waals surface area contributed by atoms with E-state index in [2.05, 4.69) is 35.2 Å². The lowest BCUT2D eigenvalue weighted by Crippen LogP contribution is -2.48. The van der Waals surface area contributed by atoms with Gasteiger partial charge in [-0.2, -0.15) is 5.01 Å². The van der Waals surface area contributed by atoms with Crippen molar-refractivity contribution < 1.29 is 14.4 Å². The van der Waals surface area contributed by atoms with Crippen LogP contribution in [0.4, 0.5) is 16.4 Å². The maximum Gasteiger partial charge on any atom is 0.272 e. The van der Waals surface area contributed by atoms with Crippen LogP contribution in [0.15, 0.2) is 41.4 Å². The molecule has 0 unspecified atom stereocenters. The molecule has 0 spiro atoms. The quantitative estimate of drug-likeness (QED) is 0.683. The maximum absolute atomic E-state index is 12.3. The van der Waals surface area contributed by atoms with Gasteiger partial charge in [0.1, 0.15) is 10.8 Å². The van der Waals surface area contributed by atoms with Crippen LogP contribution < -0.4 is 5.32 Å². The van der Waals surface area contributed by atoms with E-state index in [9.17, 15) is 14.4 Å². The van der Waals surface area contributed by atoms with Gasteiger partial charge < -0.3 is 15.1 Å². The van der Waals surface area contributed by atoms with E-state index in [0.717, 1.165) is 64.5 Å². The number of carbonyl (C=O) groups is 3. The van der Waals surface area contributed by atoms with E-state index in [1.54, 1.807) is 11.3 Å². The van der Waals surface area contributed by atoms with Crippen LogP contribution in [-0.4, -0.2) is 76.6 Å². The van der Waals surface area contributed by atoms with Gasteiger partial charge >= 0.3 is 0 Å². The largest absolute Gasteiger partial charge is 0.353 e. The van der Waals surface area contributed by atoms with Crippen LogP contribution in [0.3, 0.4) is 0 Å². The number of likely N-dealkylation sites (N-methyl/N-ethyl adjacent to an activating group) is 1. The molecule has 10 heteroatoms. The van der Waals surface area contributed by atoms with Crippen LogP contribution in [0.2, 0.25) is 0 Å². The Labute approximate surface area is 201 Å². The Bertz CT molecular complexity index is 1220. The third-order valence-corrected chi connectivity index (χ3v) is 7.12. The van der Waals surface area contributed by atoms with Crippen molar-refractivity contribution in [1.82, 2.24) is 19.8 Å². The first-order valence-electron chi connectivity index (χ1n) is 11.2. The number of benzene rings is 1. The van der Waals surface area contributed by atoms with E-state index in [0.29, 0.717) is 0 Å². The number of amides is 3. The van der Waals surface area contributed by atoms with Crippen molar-refractivity contribution in [3.05, 3.63) is 52.4 Å². The SMILES string of the molecule is CC(=O)N(Cc1ccc2c(c1)N=C(N1CCN(C)CC1)c1cc(C)sc1N2)N1C(=O)C=CC1=O. The summed E-state index contributed by atoms with van der Waals surface area (Å²) in [5, 5.41) is 6.64. The molecule has 34 heavy (non-hydrogen) atoms. The summed E-state index contributed by atoms with van der Waals surface area (Å²) in [4.78, 5) is 47.5. The van der Waals surface area contributed by atoms with Gasteiger partial charge in [0.2, 0.25) is 5.91 Å². The van der Waals surface area contributed by atoms with Gasteiger partial charge in [0, 0.05) is 50.1 Å². The number of thiophene rings is 1. The predicted molar refractivity (Wildman–Crippen MR) is 131 cm³/mol. The number of amidine groups is 1. The van der Waals surface area contributed by atoms with Gasteiger partial charge in [-0.25, -0.2) is 10.0 Å². The summed E-state index contributed by atoms with van der Waals surface area (Å²) >= 11 is 1.70. The number of anilines is 2. The lowest BCUT2D eigenvalue weighted by atomic mass is 10.1. The fourth-order valence-electron chi connectivity index (χ4n) is 4.33. The molecule has 0 bridgehead atoms. The molecule has 3 aliphatic rings. The zero-order valence-electron chi connectivity index (χ0n) is 19.4. The molecule has 1 N–H and O–H groups in total. The predicted octanol–water partition coefficient (Wildman–Crippen LogP) is 2.63. The van der Waals surface area contributed by atoms with E-state index in [4.69, 9.17) is 4.99 Å². The number of aliphatic imine (C=N–C) groups is 1. The van der Waals surface area contributed by atoms with Gasteiger partial charge in [0.05, 0.1) is 23.5 Å². The first kappa shape index (κ1) is 22.3. The fourth-order valence-corrected chi connectivity index (χ4v) is 5.25. The second kappa shape index (κ2) is 8.69. The van der Waals surface area contributed by atoms with Crippen molar-refractivity contribution in [1.29, 1.82) is 0 Å². The highest BCUT2D eigenvalue weighted by Crippen LogP contribution is 2.40. The minimum absolute atomic E-state index is 0.0854. The Morgan fingerprint density at radius 3 is 2.50 bits per heavy atom. The number of carbonyl (C=O) groups excluding carboxylic acids is 3. The number of imide groups is 1. The molecule has 1 aromatic heterocycles. The second-order valence-corrected chi connectivity index (χ2v) is 9.96. The number of fused-ring (bicyclic) bond motifs is 2. The average Bonchev–Trinajstić information content (AvgIpc) is 3.28. The van der Waals surface area contributed by atoms with Gasteiger partial charge in [0.25, 0.3) is 11.8 Å². The van der Waals surface area contributed by atoms with Gasteiger partial charge in [-0.1, -0.05) is 6.07 Å². The minimum Gasteiger partial charge on any atom is -0.353 e. The van der Waals surface area contributed by atoms with Crippen LogP contribution >= 0.6 is 11.3 Å². The maximum atomic E-state index is 12.3. The highest BCUT2D eigenvalue weighted by atomic mass is 32.1. The number of nitrogens with zero attached hydrogens (tertiary/aromatic N) is 5. The number of piperazine rings is 1.